The normalized spacial score (nSPS) is 18.4. The van der Waals surface area contributed by atoms with Crippen LogP contribution in [-0.2, 0) is 4.79 Å². The Labute approximate surface area is 139 Å². The average molecular weight is 343 g/mol. The molecule has 6 nitrogen and oxygen atoms in total. The van der Waals surface area contributed by atoms with Crippen LogP contribution >= 0.6 is 11.6 Å². The minimum Gasteiger partial charge on any atom is -0.369 e. The summed E-state index contributed by atoms with van der Waals surface area (Å²) in [6.45, 7) is 2.48. The smallest absolute Gasteiger partial charge is 0.319 e. The lowest BCUT2D eigenvalue weighted by atomic mass is 9.97. The summed E-state index contributed by atoms with van der Waals surface area (Å²) in [5.41, 5.74) is 5.36. The topological polar surface area (TPSA) is 87.5 Å². The molecule has 0 aliphatic carbocycles. The van der Waals surface area contributed by atoms with Gasteiger partial charge in [-0.3, -0.25) is 4.79 Å². The van der Waals surface area contributed by atoms with Crippen LogP contribution in [0.2, 0.25) is 5.02 Å². The predicted molar refractivity (Wildman–Crippen MR) is 86.8 cm³/mol. The quantitative estimate of drug-likeness (QED) is 0.762. The highest BCUT2D eigenvalue weighted by molar-refractivity contribution is 6.31. The fourth-order valence-electron chi connectivity index (χ4n) is 2.59. The van der Waals surface area contributed by atoms with Gasteiger partial charge < -0.3 is 21.3 Å². The second kappa shape index (κ2) is 8.12. The van der Waals surface area contributed by atoms with Crippen LogP contribution in [0.25, 0.3) is 0 Å². The molecule has 23 heavy (non-hydrogen) atoms. The Morgan fingerprint density at radius 2 is 2.22 bits per heavy atom. The van der Waals surface area contributed by atoms with Gasteiger partial charge in [0.25, 0.3) is 0 Å². The molecule has 0 radical (unpaired) electrons. The second-order valence-corrected chi connectivity index (χ2v) is 5.93. The molecular weight excluding hydrogens is 323 g/mol. The molecule has 0 spiro atoms. The number of piperidine rings is 1. The van der Waals surface area contributed by atoms with E-state index in [9.17, 15) is 14.0 Å². The zero-order valence-electron chi connectivity index (χ0n) is 12.6. The lowest BCUT2D eigenvalue weighted by Gasteiger charge is -2.31. The van der Waals surface area contributed by atoms with Crippen LogP contribution in [0.3, 0.4) is 0 Å². The molecular formula is C15H20ClFN4O2. The van der Waals surface area contributed by atoms with Crippen LogP contribution in [0.5, 0.6) is 0 Å². The SMILES string of the molecule is NC(=O)C1CCCN(CCNC(=O)Nc2cccc(Cl)c2F)C1. The number of carbonyl (C=O) groups is 2. The van der Waals surface area contributed by atoms with Gasteiger partial charge in [0.2, 0.25) is 5.91 Å². The standard InChI is InChI=1S/C15H20ClFN4O2/c16-11-4-1-5-12(13(11)17)20-15(23)19-6-8-21-7-2-3-10(9-21)14(18)22/h1,4-5,10H,2-3,6-9H2,(H2,18,22)(H2,19,20,23). The van der Waals surface area contributed by atoms with Gasteiger partial charge in [-0.2, -0.15) is 0 Å². The van der Waals surface area contributed by atoms with E-state index >= 15 is 0 Å². The number of rotatable bonds is 5. The van der Waals surface area contributed by atoms with Crippen LogP contribution in [0.4, 0.5) is 14.9 Å². The summed E-state index contributed by atoms with van der Waals surface area (Å²) in [7, 11) is 0. The summed E-state index contributed by atoms with van der Waals surface area (Å²) >= 11 is 5.65. The van der Waals surface area contributed by atoms with Crippen molar-refractivity contribution in [2.45, 2.75) is 12.8 Å². The van der Waals surface area contributed by atoms with Crippen molar-refractivity contribution in [3.63, 3.8) is 0 Å². The van der Waals surface area contributed by atoms with E-state index in [0.29, 0.717) is 19.6 Å². The van der Waals surface area contributed by atoms with Crippen molar-refractivity contribution in [2.24, 2.45) is 11.7 Å². The maximum absolute atomic E-state index is 13.7. The first kappa shape index (κ1) is 17.5. The molecule has 1 unspecified atom stereocenters. The lowest BCUT2D eigenvalue weighted by molar-refractivity contribution is -0.123. The molecule has 2 rings (SSSR count). The van der Waals surface area contributed by atoms with Gasteiger partial charge in [-0.25, -0.2) is 9.18 Å². The Morgan fingerprint density at radius 1 is 1.43 bits per heavy atom. The molecule has 1 atom stereocenters. The Hall–Kier alpha value is -1.86. The highest BCUT2D eigenvalue weighted by atomic mass is 35.5. The third-order valence-electron chi connectivity index (χ3n) is 3.82. The molecule has 0 aromatic heterocycles. The van der Waals surface area contributed by atoms with E-state index in [2.05, 4.69) is 15.5 Å². The van der Waals surface area contributed by atoms with E-state index in [-0.39, 0.29) is 22.5 Å². The Kier molecular flexibility index (Phi) is 6.18. The Bertz CT molecular complexity index is 585. The molecule has 1 fully saturated rings. The predicted octanol–water partition coefficient (Wildman–Crippen LogP) is 1.80. The Balaban J connectivity index is 1.74. The molecule has 1 saturated heterocycles. The average Bonchev–Trinajstić information content (AvgIpc) is 2.52. The van der Waals surface area contributed by atoms with Crippen LogP contribution in [-0.4, -0.2) is 43.0 Å². The van der Waals surface area contributed by atoms with E-state index in [1.165, 1.54) is 12.1 Å². The number of carbonyl (C=O) groups excluding carboxylic acids is 2. The number of nitrogens with two attached hydrogens (primary N) is 1. The fourth-order valence-corrected chi connectivity index (χ4v) is 2.76. The Morgan fingerprint density at radius 3 is 2.96 bits per heavy atom. The summed E-state index contributed by atoms with van der Waals surface area (Å²) in [6, 6.07) is 3.89. The van der Waals surface area contributed by atoms with E-state index in [0.717, 1.165) is 19.4 Å². The summed E-state index contributed by atoms with van der Waals surface area (Å²) < 4.78 is 13.7. The van der Waals surface area contributed by atoms with Gasteiger partial charge in [0, 0.05) is 19.6 Å². The van der Waals surface area contributed by atoms with E-state index in [1.54, 1.807) is 6.07 Å². The van der Waals surface area contributed by atoms with Crippen molar-refractivity contribution in [1.29, 1.82) is 0 Å². The first-order valence-corrected chi connectivity index (χ1v) is 7.85. The number of hydrogen-bond acceptors (Lipinski definition) is 3. The number of amides is 3. The van der Waals surface area contributed by atoms with E-state index < -0.39 is 11.8 Å². The number of likely N-dealkylation sites (tertiary alicyclic amines) is 1. The molecule has 1 heterocycles. The minimum atomic E-state index is -0.662. The van der Waals surface area contributed by atoms with Crippen molar-refractivity contribution in [2.75, 3.05) is 31.5 Å². The summed E-state index contributed by atoms with van der Waals surface area (Å²) in [5.74, 6) is -1.07. The molecule has 8 heteroatoms. The van der Waals surface area contributed by atoms with Gasteiger partial charge in [0.1, 0.15) is 0 Å². The van der Waals surface area contributed by atoms with Crippen molar-refractivity contribution in [3.05, 3.63) is 29.0 Å². The van der Waals surface area contributed by atoms with Crippen molar-refractivity contribution in [1.82, 2.24) is 10.2 Å². The van der Waals surface area contributed by atoms with Crippen LogP contribution in [0, 0.1) is 11.7 Å². The van der Waals surface area contributed by atoms with Gasteiger partial charge in [-0.15, -0.1) is 0 Å². The van der Waals surface area contributed by atoms with Crippen molar-refractivity contribution in [3.8, 4) is 0 Å². The third kappa shape index (κ3) is 5.07. The zero-order valence-corrected chi connectivity index (χ0v) is 13.4. The molecule has 1 aliphatic rings. The van der Waals surface area contributed by atoms with E-state index in [1.807, 2.05) is 0 Å². The summed E-state index contributed by atoms with van der Waals surface area (Å²) in [4.78, 5) is 25.1. The molecule has 1 aromatic rings. The van der Waals surface area contributed by atoms with Crippen molar-refractivity contribution >= 4 is 29.2 Å². The highest BCUT2D eigenvalue weighted by Gasteiger charge is 2.23. The monoisotopic (exact) mass is 342 g/mol. The number of urea groups is 1. The number of benzene rings is 1. The van der Waals surface area contributed by atoms with Crippen LogP contribution in [0.1, 0.15) is 12.8 Å². The number of nitrogens with one attached hydrogen (secondary N) is 2. The zero-order chi connectivity index (χ0) is 16.8. The maximum Gasteiger partial charge on any atom is 0.319 e. The third-order valence-corrected chi connectivity index (χ3v) is 4.11. The molecule has 3 amide bonds. The van der Waals surface area contributed by atoms with Gasteiger partial charge in [-0.1, -0.05) is 17.7 Å². The molecule has 1 aromatic carbocycles. The van der Waals surface area contributed by atoms with Crippen LogP contribution < -0.4 is 16.4 Å². The lowest BCUT2D eigenvalue weighted by Crippen LogP contribution is -2.44. The largest absolute Gasteiger partial charge is 0.369 e. The summed E-state index contributed by atoms with van der Waals surface area (Å²) in [5, 5.41) is 5.02. The van der Waals surface area contributed by atoms with Crippen LogP contribution in [0.15, 0.2) is 18.2 Å². The fraction of sp³-hybridized carbons (Fsp3) is 0.467. The maximum atomic E-state index is 13.7. The minimum absolute atomic E-state index is 0.0294. The number of anilines is 1. The van der Waals surface area contributed by atoms with E-state index in [4.69, 9.17) is 17.3 Å². The van der Waals surface area contributed by atoms with Crippen molar-refractivity contribution < 1.29 is 14.0 Å². The van der Waals surface area contributed by atoms with Gasteiger partial charge in [0.05, 0.1) is 16.6 Å². The van der Waals surface area contributed by atoms with Gasteiger partial charge in [-0.05, 0) is 31.5 Å². The summed E-state index contributed by atoms with van der Waals surface area (Å²) in [6.07, 6.45) is 1.72. The first-order chi connectivity index (χ1) is 11.0. The molecule has 126 valence electrons. The first-order valence-electron chi connectivity index (χ1n) is 7.48. The van der Waals surface area contributed by atoms with Gasteiger partial charge >= 0.3 is 6.03 Å². The number of hydrogen-bond donors (Lipinski definition) is 3. The molecule has 0 saturated carbocycles. The molecule has 0 bridgehead atoms. The number of primary amides is 1. The molecule has 1 aliphatic heterocycles. The highest BCUT2D eigenvalue weighted by Crippen LogP contribution is 2.21. The number of halogens is 2. The van der Waals surface area contributed by atoms with Gasteiger partial charge in [0.15, 0.2) is 5.82 Å². The number of nitrogens with zero attached hydrogens (tertiary/aromatic N) is 1. The second-order valence-electron chi connectivity index (χ2n) is 5.52. The molecule has 4 N–H and O–H groups in total.